The normalized spacial score (nSPS) is 14.5. The van der Waals surface area contributed by atoms with Gasteiger partial charge in [0.25, 0.3) is 13.4 Å². The van der Waals surface area contributed by atoms with E-state index in [2.05, 4.69) is 289 Å². The highest BCUT2D eigenvalue weighted by Crippen LogP contribution is 2.56. The van der Waals surface area contributed by atoms with Gasteiger partial charge in [-0.2, -0.15) is 0 Å². The molecule has 0 radical (unpaired) electrons. The predicted octanol–water partition coefficient (Wildman–Crippen LogP) is 21.4. The lowest BCUT2D eigenvalue weighted by molar-refractivity contribution is 0.485. The molecule has 0 saturated carbocycles. The zero-order valence-corrected chi connectivity index (χ0v) is 60.7. The molecule has 0 saturated heterocycles. The van der Waals surface area contributed by atoms with Gasteiger partial charge in [-0.05, 0) is 247 Å². The van der Waals surface area contributed by atoms with Gasteiger partial charge in [0.2, 0.25) is 0 Å². The van der Waals surface area contributed by atoms with Crippen molar-refractivity contribution in [3.8, 4) is 67.5 Å². The lowest BCUT2D eigenvalue weighted by atomic mass is 9.31. The van der Waals surface area contributed by atoms with Gasteiger partial charge in [-0.1, -0.05) is 264 Å². The van der Waals surface area contributed by atoms with Crippen LogP contribution in [-0.2, 0) is 32.5 Å². The third kappa shape index (κ3) is 9.44. The molecule has 0 bridgehead atoms. The molecule has 470 valence electrons. The van der Waals surface area contributed by atoms with Gasteiger partial charge < -0.3 is 9.47 Å². The van der Waals surface area contributed by atoms with E-state index in [1.54, 1.807) is 0 Å². The minimum atomic E-state index is -0.215. The van der Waals surface area contributed by atoms with E-state index in [0.29, 0.717) is 11.8 Å². The van der Waals surface area contributed by atoms with Crippen molar-refractivity contribution in [1.82, 2.24) is 0 Å². The maximum absolute atomic E-state index is 7.46. The summed E-state index contributed by atoms with van der Waals surface area (Å²) in [6.07, 6.45) is 0. The molecule has 4 aliphatic heterocycles. The number of ether oxygens (including phenoxy) is 2. The molecule has 4 aliphatic rings. The molecule has 2 nitrogen and oxygen atoms in total. The van der Waals surface area contributed by atoms with Gasteiger partial charge in [0.1, 0.15) is 23.0 Å². The van der Waals surface area contributed by atoms with Crippen LogP contribution in [0.1, 0.15) is 259 Å². The van der Waals surface area contributed by atoms with E-state index in [-0.39, 0.29) is 57.8 Å². The van der Waals surface area contributed by atoms with Gasteiger partial charge in [0.15, 0.2) is 0 Å². The van der Waals surface area contributed by atoms with E-state index in [1.165, 1.54) is 165 Å². The Bertz CT molecular complexity index is 4430. The molecule has 0 atom stereocenters. The van der Waals surface area contributed by atoms with Crippen molar-refractivity contribution in [1.29, 1.82) is 0 Å². The molecule has 14 rings (SSSR count). The van der Waals surface area contributed by atoms with E-state index in [0.717, 1.165) is 23.0 Å². The molecule has 0 amide bonds. The number of fused-ring (bicyclic) bond motifs is 8. The standard InChI is InChI=1S/C88H100B2O2/c1-45(2)49-27-29-67-71(33-49)91-73-35-51(47(5)6)31-61-57-41-56(76-65(87(21,22)23)39-54(84(12,13)14)40-66(76)88(24,25)26)60-44-70-78-58(62-32-52(48(7)8)36-74-82(62)90(70)68-30-28-50(46(3)4)34-72(68)92-74)42-55(59-43-69(89(67)81(61)73)77(57)79(60)80(59)78)75-63(85(15,16)17)37-53(83(9,10)11)38-64(75)86(18,19)20/h27-48H,1-26H3. The van der Waals surface area contributed by atoms with Gasteiger partial charge in [-0.15, -0.1) is 0 Å². The highest BCUT2D eigenvalue weighted by molar-refractivity contribution is 7.01. The predicted molar refractivity (Wildman–Crippen MR) is 403 cm³/mol. The summed E-state index contributed by atoms with van der Waals surface area (Å²) in [5.41, 5.74) is 30.9. The van der Waals surface area contributed by atoms with Crippen LogP contribution >= 0.6 is 0 Å². The fourth-order valence-electron chi connectivity index (χ4n) is 16.5. The van der Waals surface area contributed by atoms with E-state index in [9.17, 15) is 0 Å². The van der Waals surface area contributed by atoms with E-state index in [1.807, 2.05) is 0 Å². The van der Waals surface area contributed by atoms with Crippen molar-refractivity contribution in [3.63, 3.8) is 0 Å². The lowest BCUT2D eigenvalue weighted by Crippen LogP contribution is -2.58. The summed E-state index contributed by atoms with van der Waals surface area (Å²) in [6, 6.07) is 45.6. The summed E-state index contributed by atoms with van der Waals surface area (Å²) in [5, 5.41) is 8.18. The maximum Gasteiger partial charge on any atom is 0.252 e. The maximum atomic E-state index is 7.46. The number of rotatable bonds is 6. The van der Waals surface area contributed by atoms with E-state index < -0.39 is 0 Å². The molecule has 92 heavy (non-hydrogen) atoms. The van der Waals surface area contributed by atoms with Crippen molar-refractivity contribution in [2.24, 2.45) is 0 Å². The Morgan fingerprint density at radius 3 is 0.859 bits per heavy atom. The van der Waals surface area contributed by atoms with Crippen molar-refractivity contribution in [2.75, 3.05) is 0 Å². The van der Waals surface area contributed by atoms with Crippen LogP contribution in [-0.4, -0.2) is 13.4 Å². The van der Waals surface area contributed by atoms with Crippen LogP contribution in [0, 0.1) is 0 Å². The molecular formula is C88H100B2O2. The summed E-state index contributed by atoms with van der Waals surface area (Å²) in [6.45, 7) is 62.3. The first kappa shape index (κ1) is 62.4. The van der Waals surface area contributed by atoms with Gasteiger partial charge in [-0.3, -0.25) is 0 Å². The van der Waals surface area contributed by atoms with Gasteiger partial charge in [0.05, 0.1) is 0 Å². The molecule has 4 heterocycles. The smallest absolute Gasteiger partial charge is 0.252 e. The zero-order chi connectivity index (χ0) is 66.2. The molecule has 0 unspecified atom stereocenters. The minimum absolute atomic E-state index is 0.0774. The number of hydrogen-bond acceptors (Lipinski definition) is 2. The Morgan fingerprint density at radius 2 is 0.576 bits per heavy atom. The summed E-state index contributed by atoms with van der Waals surface area (Å²) in [5.74, 6) is 5.18. The fourth-order valence-corrected chi connectivity index (χ4v) is 16.5. The number of benzene rings is 10. The van der Waals surface area contributed by atoms with Gasteiger partial charge >= 0.3 is 0 Å². The van der Waals surface area contributed by atoms with Crippen LogP contribution in [0.15, 0.2) is 109 Å². The third-order valence-corrected chi connectivity index (χ3v) is 21.9. The van der Waals surface area contributed by atoms with Crippen molar-refractivity contribution in [3.05, 3.63) is 165 Å². The van der Waals surface area contributed by atoms with Crippen LogP contribution in [0.3, 0.4) is 0 Å². The quantitative estimate of drug-likeness (QED) is 0.122. The lowest BCUT2D eigenvalue weighted by Gasteiger charge is -2.39. The van der Waals surface area contributed by atoms with Gasteiger partial charge in [-0.25, -0.2) is 0 Å². The summed E-state index contributed by atoms with van der Waals surface area (Å²) in [4.78, 5) is 0. The van der Waals surface area contributed by atoms with Crippen molar-refractivity contribution >= 4 is 78.5 Å². The zero-order valence-electron chi connectivity index (χ0n) is 60.7. The monoisotopic (exact) mass is 1210 g/mol. The van der Waals surface area contributed by atoms with Crippen molar-refractivity contribution in [2.45, 2.75) is 236 Å². The second kappa shape index (κ2) is 20.2. The summed E-state index contributed by atoms with van der Waals surface area (Å²) in [7, 11) is 0. The molecule has 10 aromatic carbocycles. The average Bonchev–Trinajstić information content (AvgIpc) is 0.665. The Labute approximate surface area is 553 Å². The average molecular weight is 1210 g/mol. The second-order valence-electron chi connectivity index (χ2n) is 36.1. The van der Waals surface area contributed by atoms with E-state index in [4.69, 9.17) is 9.47 Å². The molecular weight excluding hydrogens is 1110 g/mol. The first-order chi connectivity index (χ1) is 42.7. The van der Waals surface area contributed by atoms with Crippen LogP contribution in [0.25, 0.3) is 76.8 Å². The molecule has 0 aromatic heterocycles. The summed E-state index contributed by atoms with van der Waals surface area (Å²) >= 11 is 0. The Morgan fingerprint density at radius 1 is 0.272 bits per heavy atom. The molecule has 0 aliphatic carbocycles. The molecule has 0 fully saturated rings. The summed E-state index contributed by atoms with van der Waals surface area (Å²) < 4.78 is 14.9. The number of hydrogen-bond donors (Lipinski definition) is 0. The molecule has 4 heteroatoms. The Hall–Kier alpha value is -7.03. The molecule has 0 spiro atoms. The topological polar surface area (TPSA) is 18.5 Å². The highest BCUT2D eigenvalue weighted by Gasteiger charge is 2.46. The second-order valence-corrected chi connectivity index (χ2v) is 36.1. The SMILES string of the molecule is CC(C)c1ccc2c(c1)Oc1cc(C(C)C)cc3c1B2c1cc2c(-c4c(C(C)(C)C)cc(C(C)(C)C)cc4C(C)(C)C)cc4c5c(cc6c(-c7c(C(C)(C)C)cc(C(C)(C)C)cc7C(C)(C)C)cc-3c1c6c25)B1c2ccc(C(C)C)cc2Oc2cc(C(C)C)cc-4c21. The fraction of sp³-hybridized carbons (Fsp3) is 0.409. The van der Waals surface area contributed by atoms with Crippen LogP contribution in [0.2, 0.25) is 0 Å². The van der Waals surface area contributed by atoms with Crippen LogP contribution < -0.4 is 42.3 Å². The van der Waals surface area contributed by atoms with Gasteiger partial charge in [0, 0.05) is 0 Å². The third-order valence-electron chi connectivity index (χ3n) is 21.9. The first-order valence-corrected chi connectivity index (χ1v) is 35.0. The highest BCUT2D eigenvalue weighted by atomic mass is 16.5. The largest absolute Gasteiger partial charge is 0.458 e. The first-order valence-electron chi connectivity index (χ1n) is 35.0. The molecule has 0 N–H and O–H groups in total. The Balaban J connectivity index is 1.31. The van der Waals surface area contributed by atoms with Crippen LogP contribution in [0.4, 0.5) is 0 Å². The van der Waals surface area contributed by atoms with Crippen LogP contribution in [0.5, 0.6) is 23.0 Å². The molecule has 10 aromatic rings. The van der Waals surface area contributed by atoms with Crippen molar-refractivity contribution < 1.29 is 9.47 Å². The minimum Gasteiger partial charge on any atom is -0.458 e. The Kier molecular flexibility index (Phi) is 13.7. The van der Waals surface area contributed by atoms with E-state index >= 15 is 0 Å².